The van der Waals surface area contributed by atoms with Gasteiger partial charge in [0.25, 0.3) is 0 Å². The van der Waals surface area contributed by atoms with Crippen LogP contribution in [-0.4, -0.2) is 39.0 Å². The maximum atomic E-state index is 12.4. The van der Waals surface area contributed by atoms with Gasteiger partial charge in [-0.25, -0.2) is 8.42 Å². The molecule has 1 unspecified atom stereocenters. The van der Waals surface area contributed by atoms with Gasteiger partial charge in [0.1, 0.15) is 0 Å². The predicted octanol–water partition coefficient (Wildman–Crippen LogP) is 1.83. The number of benzene rings is 1. The van der Waals surface area contributed by atoms with Crippen molar-refractivity contribution in [1.29, 1.82) is 0 Å². The molecule has 0 saturated carbocycles. The van der Waals surface area contributed by atoms with E-state index in [-0.39, 0.29) is 11.0 Å². The van der Waals surface area contributed by atoms with Crippen molar-refractivity contribution in [2.75, 3.05) is 25.9 Å². The van der Waals surface area contributed by atoms with Gasteiger partial charge in [0.05, 0.1) is 11.0 Å². The summed E-state index contributed by atoms with van der Waals surface area (Å²) < 4.78 is 32.2. The number of anilines is 1. The van der Waals surface area contributed by atoms with Crippen molar-refractivity contribution in [2.24, 2.45) is 0 Å². The zero-order valence-electron chi connectivity index (χ0n) is 10.7. The van der Waals surface area contributed by atoms with E-state index in [9.17, 15) is 8.42 Å². The third kappa shape index (κ3) is 3.28. The number of halogens is 1. The standard InChI is InChI=1S/C12H17BrN2O3S/c1-15(8-9-3-2-6-18-9)19(16,17)10-4-5-11(13)12(14)7-10/h4-5,7,9H,2-3,6,8,14H2,1H3. The molecule has 1 heterocycles. The van der Waals surface area contributed by atoms with Crippen LogP contribution in [0.25, 0.3) is 0 Å². The third-order valence-corrected chi connectivity index (χ3v) is 5.70. The lowest BCUT2D eigenvalue weighted by Crippen LogP contribution is -2.34. The first-order valence-corrected chi connectivity index (χ1v) is 8.27. The highest BCUT2D eigenvalue weighted by molar-refractivity contribution is 9.10. The van der Waals surface area contributed by atoms with E-state index in [2.05, 4.69) is 15.9 Å². The number of sulfonamides is 1. The van der Waals surface area contributed by atoms with E-state index < -0.39 is 10.0 Å². The maximum absolute atomic E-state index is 12.4. The number of nitrogen functional groups attached to an aromatic ring is 1. The first kappa shape index (κ1) is 14.8. The quantitative estimate of drug-likeness (QED) is 0.842. The van der Waals surface area contributed by atoms with Crippen LogP contribution in [0.2, 0.25) is 0 Å². The van der Waals surface area contributed by atoms with Crippen molar-refractivity contribution in [3.05, 3.63) is 22.7 Å². The molecule has 1 atom stereocenters. The van der Waals surface area contributed by atoms with Crippen LogP contribution in [0.5, 0.6) is 0 Å². The molecule has 1 aliphatic rings. The van der Waals surface area contributed by atoms with Crippen LogP contribution >= 0.6 is 15.9 Å². The minimum atomic E-state index is -3.51. The van der Waals surface area contributed by atoms with E-state index in [4.69, 9.17) is 10.5 Å². The summed E-state index contributed by atoms with van der Waals surface area (Å²) in [6.07, 6.45) is 1.89. The lowest BCUT2D eigenvalue weighted by Gasteiger charge is -2.20. The number of hydrogen-bond acceptors (Lipinski definition) is 4. The molecule has 0 amide bonds. The molecule has 1 fully saturated rings. The van der Waals surface area contributed by atoms with Gasteiger partial charge in [-0.05, 0) is 47.0 Å². The fraction of sp³-hybridized carbons (Fsp3) is 0.500. The topological polar surface area (TPSA) is 72.6 Å². The summed E-state index contributed by atoms with van der Waals surface area (Å²) in [5.41, 5.74) is 6.14. The molecular formula is C12H17BrN2O3S. The lowest BCUT2D eigenvalue weighted by molar-refractivity contribution is 0.0979. The van der Waals surface area contributed by atoms with E-state index in [1.807, 2.05) is 0 Å². The number of hydrogen-bond donors (Lipinski definition) is 1. The second kappa shape index (κ2) is 5.78. The summed E-state index contributed by atoms with van der Waals surface area (Å²) in [6.45, 7) is 1.09. The Morgan fingerprint density at radius 3 is 2.84 bits per heavy atom. The van der Waals surface area contributed by atoms with Gasteiger partial charge < -0.3 is 10.5 Å². The number of likely N-dealkylation sites (N-methyl/N-ethyl adjacent to an activating group) is 1. The van der Waals surface area contributed by atoms with Crippen LogP contribution in [0.15, 0.2) is 27.6 Å². The smallest absolute Gasteiger partial charge is 0.242 e. The Kier molecular flexibility index (Phi) is 4.50. The van der Waals surface area contributed by atoms with Gasteiger partial charge in [0.15, 0.2) is 0 Å². The Morgan fingerprint density at radius 2 is 2.26 bits per heavy atom. The number of nitrogens with two attached hydrogens (primary N) is 1. The maximum Gasteiger partial charge on any atom is 0.242 e. The van der Waals surface area contributed by atoms with E-state index in [0.29, 0.717) is 23.3 Å². The van der Waals surface area contributed by atoms with E-state index in [0.717, 1.165) is 12.8 Å². The predicted molar refractivity (Wildman–Crippen MR) is 77.3 cm³/mol. The Morgan fingerprint density at radius 1 is 1.53 bits per heavy atom. The van der Waals surface area contributed by atoms with Gasteiger partial charge in [-0.15, -0.1) is 0 Å². The summed E-state index contributed by atoms with van der Waals surface area (Å²) in [6, 6.07) is 4.65. The third-order valence-electron chi connectivity index (χ3n) is 3.16. The molecule has 1 aliphatic heterocycles. The number of nitrogens with zero attached hydrogens (tertiary/aromatic N) is 1. The molecule has 1 aromatic rings. The molecule has 0 aromatic heterocycles. The van der Waals surface area contributed by atoms with Crippen LogP contribution in [0, 0.1) is 0 Å². The fourth-order valence-electron chi connectivity index (χ4n) is 2.04. The summed E-state index contributed by atoms with van der Waals surface area (Å²) in [7, 11) is -1.95. The first-order chi connectivity index (χ1) is 8.91. The summed E-state index contributed by atoms with van der Waals surface area (Å²) >= 11 is 3.25. The van der Waals surface area contributed by atoms with Crippen LogP contribution < -0.4 is 5.73 Å². The van der Waals surface area contributed by atoms with Crippen molar-refractivity contribution < 1.29 is 13.2 Å². The Labute approximate surface area is 121 Å². The zero-order chi connectivity index (χ0) is 14.0. The second-order valence-electron chi connectivity index (χ2n) is 4.60. The van der Waals surface area contributed by atoms with Gasteiger partial charge in [0, 0.05) is 30.4 Å². The highest BCUT2D eigenvalue weighted by Crippen LogP contribution is 2.25. The van der Waals surface area contributed by atoms with Crippen LogP contribution in [0.3, 0.4) is 0 Å². The van der Waals surface area contributed by atoms with E-state index >= 15 is 0 Å². The molecule has 7 heteroatoms. The van der Waals surface area contributed by atoms with Crippen LogP contribution in [0.1, 0.15) is 12.8 Å². The largest absolute Gasteiger partial charge is 0.398 e. The zero-order valence-corrected chi connectivity index (χ0v) is 13.1. The molecule has 0 bridgehead atoms. The lowest BCUT2D eigenvalue weighted by atomic mass is 10.2. The van der Waals surface area contributed by atoms with Gasteiger partial charge in [-0.2, -0.15) is 4.31 Å². The molecule has 0 aliphatic carbocycles. The van der Waals surface area contributed by atoms with Crippen molar-refractivity contribution in [3.63, 3.8) is 0 Å². The second-order valence-corrected chi connectivity index (χ2v) is 7.50. The molecule has 19 heavy (non-hydrogen) atoms. The minimum Gasteiger partial charge on any atom is -0.398 e. The molecular weight excluding hydrogens is 332 g/mol. The van der Waals surface area contributed by atoms with Crippen molar-refractivity contribution in [2.45, 2.75) is 23.8 Å². The van der Waals surface area contributed by atoms with Crippen molar-refractivity contribution >= 4 is 31.6 Å². The van der Waals surface area contributed by atoms with E-state index in [1.165, 1.54) is 10.4 Å². The van der Waals surface area contributed by atoms with Gasteiger partial charge in [-0.1, -0.05) is 0 Å². The highest BCUT2D eigenvalue weighted by Gasteiger charge is 2.26. The SMILES string of the molecule is CN(CC1CCCO1)S(=O)(=O)c1ccc(Br)c(N)c1. The van der Waals surface area contributed by atoms with Crippen molar-refractivity contribution in [1.82, 2.24) is 4.31 Å². The van der Waals surface area contributed by atoms with Crippen LogP contribution in [0.4, 0.5) is 5.69 Å². The van der Waals surface area contributed by atoms with Gasteiger partial charge >= 0.3 is 0 Å². The fourth-order valence-corrected chi connectivity index (χ4v) is 3.52. The number of rotatable bonds is 4. The van der Waals surface area contributed by atoms with E-state index in [1.54, 1.807) is 19.2 Å². The highest BCUT2D eigenvalue weighted by atomic mass is 79.9. The Bertz CT molecular complexity index is 556. The summed E-state index contributed by atoms with van der Waals surface area (Å²) in [4.78, 5) is 0.202. The average molecular weight is 349 g/mol. The van der Waals surface area contributed by atoms with Crippen molar-refractivity contribution in [3.8, 4) is 0 Å². The monoisotopic (exact) mass is 348 g/mol. The number of ether oxygens (including phenoxy) is 1. The molecule has 5 nitrogen and oxygen atoms in total. The van der Waals surface area contributed by atoms with Crippen LogP contribution in [-0.2, 0) is 14.8 Å². The molecule has 0 radical (unpaired) electrons. The molecule has 2 rings (SSSR count). The minimum absolute atomic E-state index is 0.00688. The Hall–Kier alpha value is -0.630. The summed E-state index contributed by atoms with van der Waals surface area (Å²) in [5, 5.41) is 0. The molecule has 0 spiro atoms. The Balaban J connectivity index is 2.18. The van der Waals surface area contributed by atoms with Gasteiger partial charge in [0.2, 0.25) is 10.0 Å². The molecule has 1 saturated heterocycles. The molecule has 2 N–H and O–H groups in total. The molecule has 106 valence electrons. The first-order valence-electron chi connectivity index (χ1n) is 6.04. The molecule has 1 aromatic carbocycles. The van der Waals surface area contributed by atoms with Gasteiger partial charge in [-0.3, -0.25) is 0 Å². The summed E-state index contributed by atoms with van der Waals surface area (Å²) in [5.74, 6) is 0. The average Bonchev–Trinajstić information content (AvgIpc) is 2.85. The normalized spacial score (nSPS) is 20.1.